The van der Waals surface area contributed by atoms with Gasteiger partial charge in [0.15, 0.2) is 0 Å². The lowest BCUT2D eigenvalue weighted by molar-refractivity contribution is 0.301. The summed E-state index contributed by atoms with van der Waals surface area (Å²) < 4.78 is 0. The summed E-state index contributed by atoms with van der Waals surface area (Å²) in [7, 11) is 0. The highest BCUT2D eigenvalue weighted by Gasteiger charge is 2.26. The first-order valence-corrected chi connectivity index (χ1v) is 5.75. The van der Waals surface area contributed by atoms with Crippen LogP contribution >= 0.6 is 11.6 Å². The third-order valence-corrected chi connectivity index (χ3v) is 3.68. The summed E-state index contributed by atoms with van der Waals surface area (Å²) in [5.74, 6) is 0.734. The lowest BCUT2D eigenvalue weighted by atomic mass is 9.81. The zero-order valence-electron chi connectivity index (χ0n) is 8.54. The molecule has 1 saturated carbocycles. The lowest BCUT2D eigenvalue weighted by Crippen LogP contribution is -2.24. The van der Waals surface area contributed by atoms with Gasteiger partial charge in [0.1, 0.15) is 0 Å². The van der Waals surface area contributed by atoms with Crippen LogP contribution in [-0.2, 0) is 6.42 Å². The predicted molar refractivity (Wildman–Crippen MR) is 59.7 cm³/mol. The Kier molecular flexibility index (Phi) is 3.07. The number of aromatic nitrogens is 1. The summed E-state index contributed by atoms with van der Waals surface area (Å²) in [6.45, 7) is 2.10. The Morgan fingerprint density at radius 1 is 1.57 bits per heavy atom. The van der Waals surface area contributed by atoms with Gasteiger partial charge in [0.2, 0.25) is 0 Å². The van der Waals surface area contributed by atoms with E-state index >= 15 is 0 Å². The largest absolute Gasteiger partial charge is 0.261 e. The van der Waals surface area contributed by atoms with Crippen LogP contribution < -0.4 is 0 Å². The minimum atomic E-state index is 0.289. The van der Waals surface area contributed by atoms with Crippen LogP contribution in [-0.4, -0.2) is 10.4 Å². The Hall–Kier alpha value is -0.560. The van der Waals surface area contributed by atoms with Crippen LogP contribution in [0.25, 0.3) is 0 Å². The average molecular weight is 210 g/mol. The molecule has 76 valence electrons. The summed E-state index contributed by atoms with van der Waals surface area (Å²) in [4.78, 5) is 4.37. The van der Waals surface area contributed by atoms with Gasteiger partial charge >= 0.3 is 0 Å². The monoisotopic (exact) mass is 209 g/mol. The number of hydrogen-bond acceptors (Lipinski definition) is 1. The summed E-state index contributed by atoms with van der Waals surface area (Å²) >= 11 is 6.35. The first-order valence-electron chi connectivity index (χ1n) is 5.32. The first kappa shape index (κ1) is 9.97. The molecule has 1 atom stereocenters. The van der Waals surface area contributed by atoms with Gasteiger partial charge in [0.05, 0.1) is 0 Å². The molecular weight excluding hydrogens is 194 g/mol. The fourth-order valence-corrected chi connectivity index (χ4v) is 2.28. The molecule has 0 aliphatic heterocycles. The first-order chi connectivity index (χ1) is 6.77. The predicted octanol–water partition coefficient (Wildman–Crippen LogP) is 3.34. The molecule has 0 N–H and O–H groups in total. The standard InChI is InChI=1S/C12H16ClN/c1-9-4-3-7-14-12(9)8-11(13)10-5-2-6-10/h3-4,7,10-11H,2,5-6,8H2,1H3. The van der Waals surface area contributed by atoms with Crippen LogP contribution in [0, 0.1) is 12.8 Å². The molecule has 1 aromatic rings. The molecule has 1 aliphatic rings. The number of nitrogens with zero attached hydrogens (tertiary/aromatic N) is 1. The van der Waals surface area contributed by atoms with Crippen molar-refractivity contribution in [3.8, 4) is 0 Å². The van der Waals surface area contributed by atoms with Crippen molar-refractivity contribution < 1.29 is 0 Å². The number of aryl methyl sites for hydroxylation is 1. The van der Waals surface area contributed by atoms with Gasteiger partial charge in [-0.1, -0.05) is 12.5 Å². The maximum atomic E-state index is 6.35. The van der Waals surface area contributed by atoms with Gasteiger partial charge in [-0.15, -0.1) is 11.6 Å². The molecule has 1 fully saturated rings. The fraction of sp³-hybridized carbons (Fsp3) is 0.583. The second kappa shape index (κ2) is 4.31. The van der Waals surface area contributed by atoms with Gasteiger partial charge in [-0.3, -0.25) is 4.98 Å². The normalized spacial score (nSPS) is 19.0. The van der Waals surface area contributed by atoms with E-state index in [1.54, 1.807) is 0 Å². The Morgan fingerprint density at radius 3 is 2.93 bits per heavy atom. The van der Waals surface area contributed by atoms with E-state index in [1.165, 1.54) is 30.5 Å². The maximum Gasteiger partial charge on any atom is 0.0447 e. The van der Waals surface area contributed by atoms with E-state index in [-0.39, 0.29) is 5.38 Å². The molecule has 14 heavy (non-hydrogen) atoms. The molecule has 2 rings (SSSR count). The van der Waals surface area contributed by atoms with Crippen LogP contribution in [0.4, 0.5) is 0 Å². The van der Waals surface area contributed by atoms with E-state index in [2.05, 4.69) is 18.0 Å². The van der Waals surface area contributed by atoms with Crippen molar-refractivity contribution in [1.82, 2.24) is 4.98 Å². The molecule has 0 radical (unpaired) electrons. The topological polar surface area (TPSA) is 12.9 Å². The number of hydrogen-bond donors (Lipinski definition) is 0. The quantitative estimate of drug-likeness (QED) is 0.696. The Bertz CT molecular complexity index is 307. The highest BCUT2D eigenvalue weighted by atomic mass is 35.5. The van der Waals surface area contributed by atoms with Gasteiger partial charge in [0, 0.05) is 23.7 Å². The second-order valence-electron chi connectivity index (χ2n) is 4.18. The van der Waals surface area contributed by atoms with Crippen molar-refractivity contribution in [3.05, 3.63) is 29.6 Å². The molecule has 1 nitrogen and oxygen atoms in total. The molecule has 1 heterocycles. The Balaban J connectivity index is 1.99. The number of pyridine rings is 1. The van der Waals surface area contributed by atoms with E-state index in [0.717, 1.165) is 12.3 Å². The molecule has 0 saturated heterocycles. The lowest BCUT2D eigenvalue weighted by Gasteiger charge is -2.29. The number of rotatable bonds is 3. The highest BCUT2D eigenvalue weighted by molar-refractivity contribution is 6.21. The molecular formula is C12H16ClN. The fourth-order valence-electron chi connectivity index (χ4n) is 1.88. The van der Waals surface area contributed by atoms with Crippen molar-refractivity contribution >= 4 is 11.6 Å². The van der Waals surface area contributed by atoms with Crippen LogP contribution in [0.15, 0.2) is 18.3 Å². The molecule has 0 spiro atoms. The molecule has 1 aromatic heterocycles. The zero-order valence-corrected chi connectivity index (χ0v) is 9.30. The molecule has 0 amide bonds. The van der Waals surface area contributed by atoms with Crippen molar-refractivity contribution in [2.24, 2.45) is 5.92 Å². The molecule has 2 heteroatoms. The van der Waals surface area contributed by atoms with Crippen molar-refractivity contribution in [2.75, 3.05) is 0 Å². The van der Waals surface area contributed by atoms with Gasteiger partial charge in [-0.05, 0) is 37.3 Å². The van der Waals surface area contributed by atoms with Crippen molar-refractivity contribution in [2.45, 2.75) is 38.0 Å². The van der Waals surface area contributed by atoms with E-state index in [4.69, 9.17) is 11.6 Å². The summed E-state index contributed by atoms with van der Waals surface area (Å²) in [6.07, 6.45) is 6.75. The smallest absolute Gasteiger partial charge is 0.0447 e. The third kappa shape index (κ3) is 2.09. The van der Waals surface area contributed by atoms with E-state index in [1.807, 2.05) is 12.3 Å². The molecule has 1 aliphatic carbocycles. The zero-order chi connectivity index (χ0) is 9.97. The number of alkyl halides is 1. The Labute approximate surface area is 90.5 Å². The van der Waals surface area contributed by atoms with Crippen molar-refractivity contribution in [1.29, 1.82) is 0 Å². The minimum absolute atomic E-state index is 0.289. The highest BCUT2D eigenvalue weighted by Crippen LogP contribution is 2.34. The third-order valence-electron chi connectivity index (χ3n) is 3.17. The maximum absolute atomic E-state index is 6.35. The van der Waals surface area contributed by atoms with E-state index in [0.29, 0.717) is 0 Å². The number of halogens is 1. The van der Waals surface area contributed by atoms with Crippen LogP contribution in [0.2, 0.25) is 0 Å². The van der Waals surface area contributed by atoms with E-state index in [9.17, 15) is 0 Å². The summed E-state index contributed by atoms with van der Waals surface area (Å²) in [6, 6.07) is 4.08. The Morgan fingerprint density at radius 2 is 2.36 bits per heavy atom. The summed E-state index contributed by atoms with van der Waals surface area (Å²) in [5, 5.41) is 0.289. The van der Waals surface area contributed by atoms with Crippen LogP contribution in [0.1, 0.15) is 30.5 Å². The van der Waals surface area contributed by atoms with Crippen LogP contribution in [0.3, 0.4) is 0 Å². The second-order valence-corrected chi connectivity index (χ2v) is 4.74. The van der Waals surface area contributed by atoms with Gasteiger partial charge in [-0.2, -0.15) is 0 Å². The molecule has 0 aromatic carbocycles. The van der Waals surface area contributed by atoms with Crippen LogP contribution in [0.5, 0.6) is 0 Å². The molecule has 0 bridgehead atoms. The van der Waals surface area contributed by atoms with Gasteiger partial charge in [0.25, 0.3) is 0 Å². The minimum Gasteiger partial charge on any atom is -0.261 e. The van der Waals surface area contributed by atoms with Crippen molar-refractivity contribution in [3.63, 3.8) is 0 Å². The SMILES string of the molecule is Cc1cccnc1CC(Cl)C1CCC1. The summed E-state index contributed by atoms with van der Waals surface area (Å²) in [5.41, 5.74) is 2.43. The molecule has 1 unspecified atom stereocenters. The average Bonchev–Trinajstić information content (AvgIpc) is 2.05. The van der Waals surface area contributed by atoms with Gasteiger partial charge < -0.3 is 0 Å². The van der Waals surface area contributed by atoms with Gasteiger partial charge in [-0.25, -0.2) is 0 Å². The van der Waals surface area contributed by atoms with E-state index < -0.39 is 0 Å².